The first-order valence-electron chi connectivity index (χ1n) is 7.65. The summed E-state index contributed by atoms with van der Waals surface area (Å²) in [6.07, 6.45) is 8.83. The Morgan fingerprint density at radius 3 is 2.60 bits per heavy atom. The molecule has 3 nitrogen and oxygen atoms in total. The van der Waals surface area contributed by atoms with E-state index >= 15 is 0 Å². The molecular formula is C17H23N3. The topological polar surface area (TPSA) is 40.7 Å². The first kappa shape index (κ1) is 13.4. The van der Waals surface area contributed by atoms with E-state index in [1.807, 2.05) is 13.2 Å². The molecule has 0 aliphatic heterocycles. The summed E-state index contributed by atoms with van der Waals surface area (Å²) in [5.74, 6) is 0.777. The summed E-state index contributed by atoms with van der Waals surface area (Å²) in [5.41, 5.74) is 5.11. The number of aromatic amines is 1. The van der Waals surface area contributed by atoms with Crippen molar-refractivity contribution in [2.75, 3.05) is 7.05 Å². The molecule has 1 aliphatic rings. The second kappa shape index (κ2) is 6.23. The van der Waals surface area contributed by atoms with Gasteiger partial charge in [-0.1, -0.05) is 43.5 Å². The zero-order valence-corrected chi connectivity index (χ0v) is 12.2. The van der Waals surface area contributed by atoms with Gasteiger partial charge in [-0.25, -0.2) is 0 Å². The summed E-state index contributed by atoms with van der Waals surface area (Å²) in [5, 5.41) is 10.4. The summed E-state index contributed by atoms with van der Waals surface area (Å²) >= 11 is 0. The highest BCUT2D eigenvalue weighted by Gasteiger charge is 2.15. The zero-order chi connectivity index (χ0) is 13.8. The van der Waals surface area contributed by atoms with Crippen molar-refractivity contribution in [3.8, 4) is 11.1 Å². The van der Waals surface area contributed by atoms with Crippen molar-refractivity contribution in [3.63, 3.8) is 0 Å². The fourth-order valence-corrected chi connectivity index (χ4v) is 3.24. The van der Waals surface area contributed by atoms with Gasteiger partial charge in [0.15, 0.2) is 0 Å². The number of hydrogen-bond acceptors (Lipinski definition) is 2. The molecule has 0 atom stereocenters. The van der Waals surface area contributed by atoms with Crippen molar-refractivity contribution in [2.24, 2.45) is 0 Å². The van der Waals surface area contributed by atoms with Crippen molar-refractivity contribution in [2.45, 2.75) is 44.6 Å². The molecule has 106 valence electrons. The molecular weight excluding hydrogens is 246 g/mol. The molecule has 1 aromatic heterocycles. The van der Waals surface area contributed by atoms with Crippen LogP contribution in [-0.2, 0) is 6.54 Å². The molecule has 0 amide bonds. The standard InChI is InChI=1S/C17H23N3/c1-18-12-17-16(11-19-20-17)15-9-7-14(8-10-15)13-5-3-2-4-6-13/h7-11,13,18H,2-6,12H2,1H3,(H,19,20). The molecule has 1 aliphatic carbocycles. The van der Waals surface area contributed by atoms with Crippen LogP contribution >= 0.6 is 0 Å². The Labute approximate surface area is 120 Å². The van der Waals surface area contributed by atoms with Crippen LogP contribution in [0.2, 0.25) is 0 Å². The van der Waals surface area contributed by atoms with Gasteiger partial charge in [0, 0.05) is 12.1 Å². The van der Waals surface area contributed by atoms with E-state index in [0.717, 1.165) is 18.2 Å². The number of aromatic nitrogens is 2. The van der Waals surface area contributed by atoms with Crippen LogP contribution in [0.4, 0.5) is 0 Å². The smallest absolute Gasteiger partial charge is 0.0569 e. The number of rotatable bonds is 4. The van der Waals surface area contributed by atoms with Crippen LogP contribution in [0.5, 0.6) is 0 Å². The highest BCUT2D eigenvalue weighted by Crippen LogP contribution is 2.33. The van der Waals surface area contributed by atoms with Crippen molar-refractivity contribution in [3.05, 3.63) is 41.7 Å². The molecule has 0 radical (unpaired) electrons. The van der Waals surface area contributed by atoms with Gasteiger partial charge in [0.2, 0.25) is 0 Å². The summed E-state index contributed by atoms with van der Waals surface area (Å²) in [4.78, 5) is 0. The fourth-order valence-electron chi connectivity index (χ4n) is 3.24. The van der Waals surface area contributed by atoms with Gasteiger partial charge in [-0.05, 0) is 36.9 Å². The number of nitrogens with one attached hydrogen (secondary N) is 2. The van der Waals surface area contributed by atoms with E-state index in [2.05, 4.69) is 39.8 Å². The van der Waals surface area contributed by atoms with Gasteiger partial charge in [0.05, 0.1) is 11.9 Å². The average Bonchev–Trinajstić information content (AvgIpc) is 2.97. The Kier molecular flexibility index (Phi) is 4.16. The van der Waals surface area contributed by atoms with Gasteiger partial charge in [-0.3, -0.25) is 5.10 Å². The van der Waals surface area contributed by atoms with Crippen LogP contribution in [0.15, 0.2) is 30.5 Å². The Morgan fingerprint density at radius 1 is 1.15 bits per heavy atom. The van der Waals surface area contributed by atoms with Gasteiger partial charge >= 0.3 is 0 Å². The van der Waals surface area contributed by atoms with Gasteiger partial charge < -0.3 is 5.32 Å². The molecule has 0 unspecified atom stereocenters. The molecule has 0 spiro atoms. The first-order valence-corrected chi connectivity index (χ1v) is 7.65. The van der Waals surface area contributed by atoms with Crippen LogP contribution in [0.25, 0.3) is 11.1 Å². The van der Waals surface area contributed by atoms with Crippen molar-refractivity contribution in [1.82, 2.24) is 15.5 Å². The van der Waals surface area contributed by atoms with Crippen molar-refractivity contribution < 1.29 is 0 Å². The molecule has 2 N–H and O–H groups in total. The minimum atomic E-state index is 0.777. The maximum absolute atomic E-state index is 4.16. The Bertz CT molecular complexity index is 536. The lowest BCUT2D eigenvalue weighted by molar-refractivity contribution is 0.443. The quantitative estimate of drug-likeness (QED) is 0.885. The second-order valence-corrected chi connectivity index (χ2v) is 5.75. The van der Waals surface area contributed by atoms with Gasteiger partial charge in [-0.2, -0.15) is 5.10 Å². The number of benzene rings is 1. The predicted molar refractivity (Wildman–Crippen MR) is 82.6 cm³/mol. The highest BCUT2D eigenvalue weighted by molar-refractivity contribution is 5.65. The maximum atomic E-state index is 4.16. The Hall–Kier alpha value is -1.61. The van der Waals surface area contributed by atoms with Crippen LogP contribution in [-0.4, -0.2) is 17.2 Å². The molecule has 3 rings (SSSR count). The number of nitrogens with zero attached hydrogens (tertiary/aromatic N) is 1. The van der Waals surface area contributed by atoms with Gasteiger partial charge in [0.1, 0.15) is 0 Å². The lowest BCUT2D eigenvalue weighted by Crippen LogP contribution is -2.06. The predicted octanol–water partition coefficient (Wildman–Crippen LogP) is 3.84. The zero-order valence-electron chi connectivity index (χ0n) is 12.2. The SMILES string of the molecule is CNCc1[nH]ncc1-c1ccc(C2CCCCC2)cc1. The molecule has 0 bridgehead atoms. The lowest BCUT2D eigenvalue weighted by Gasteiger charge is -2.22. The number of hydrogen-bond donors (Lipinski definition) is 2. The molecule has 1 heterocycles. The average molecular weight is 269 g/mol. The van der Waals surface area contributed by atoms with Crippen LogP contribution in [0.1, 0.15) is 49.3 Å². The minimum absolute atomic E-state index is 0.777. The van der Waals surface area contributed by atoms with E-state index in [1.54, 1.807) is 0 Å². The molecule has 3 heteroatoms. The van der Waals surface area contributed by atoms with Crippen LogP contribution in [0, 0.1) is 0 Å². The van der Waals surface area contributed by atoms with Crippen LogP contribution < -0.4 is 5.32 Å². The molecule has 0 saturated heterocycles. The second-order valence-electron chi connectivity index (χ2n) is 5.75. The Morgan fingerprint density at radius 2 is 1.90 bits per heavy atom. The Balaban J connectivity index is 1.79. The summed E-state index contributed by atoms with van der Waals surface area (Å²) in [6, 6.07) is 9.10. The minimum Gasteiger partial charge on any atom is -0.314 e. The molecule has 1 fully saturated rings. The third-order valence-corrected chi connectivity index (χ3v) is 4.37. The summed E-state index contributed by atoms with van der Waals surface area (Å²) in [6.45, 7) is 0.819. The maximum Gasteiger partial charge on any atom is 0.0569 e. The van der Waals surface area contributed by atoms with Crippen molar-refractivity contribution in [1.29, 1.82) is 0 Å². The van der Waals surface area contributed by atoms with E-state index < -0.39 is 0 Å². The third-order valence-electron chi connectivity index (χ3n) is 4.37. The van der Waals surface area contributed by atoms with E-state index in [0.29, 0.717) is 0 Å². The fraction of sp³-hybridized carbons (Fsp3) is 0.471. The summed E-state index contributed by atoms with van der Waals surface area (Å²) in [7, 11) is 1.96. The largest absolute Gasteiger partial charge is 0.314 e. The number of H-pyrrole nitrogens is 1. The van der Waals surface area contributed by atoms with Crippen LogP contribution in [0.3, 0.4) is 0 Å². The monoisotopic (exact) mass is 269 g/mol. The summed E-state index contributed by atoms with van der Waals surface area (Å²) < 4.78 is 0. The van der Waals surface area contributed by atoms with E-state index in [1.165, 1.54) is 48.8 Å². The van der Waals surface area contributed by atoms with Crippen molar-refractivity contribution >= 4 is 0 Å². The highest BCUT2D eigenvalue weighted by atomic mass is 15.1. The molecule has 20 heavy (non-hydrogen) atoms. The normalized spacial score (nSPS) is 16.4. The van der Waals surface area contributed by atoms with E-state index in [9.17, 15) is 0 Å². The molecule has 1 saturated carbocycles. The molecule has 2 aromatic rings. The molecule has 1 aromatic carbocycles. The van der Waals surface area contributed by atoms with E-state index in [-0.39, 0.29) is 0 Å². The first-order chi connectivity index (χ1) is 9.88. The lowest BCUT2D eigenvalue weighted by atomic mass is 9.84. The van der Waals surface area contributed by atoms with E-state index in [4.69, 9.17) is 0 Å². The third kappa shape index (κ3) is 2.78. The van der Waals surface area contributed by atoms with Gasteiger partial charge in [0.25, 0.3) is 0 Å². The van der Waals surface area contributed by atoms with Gasteiger partial charge in [-0.15, -0.1) is 0 Å².